The van der Waals surface area contributed by atoms with Gasteiger partial charge in [-0.1, -0.05) is 0 Å². The third kappa shape index (κ3) is 11.2. The summed E-state index contributed by atoms with van der Waals surface area (Å²) in [6.45, 7) is -0.650. The van der Waals surface area contributed by atoms with Crippen LogP contribution >= 0.6 is 0 Å². The van der Waals surface area contributed by atoms with Crippen LogP contribution in [-0.2, 0) is 28.8 Å². The van der Waals surface area contributed by atoms with Gasteiger partial charge >= 0.3 is 11.9 Å². The Labute approximate surface area is 183 Å². The number of carbonyl (C=O) groups excluding carboxylic acids is 4. The van der Waals surface area contributed by atoms with Crippen LogP contribution < -0.4 is 33.2 Å². The first-order chi connectivity index (χ1) is 14.9. The molecule has 0 aromatic heterocycles. The summed E-state index contributed by atoms with van der Waals surface area (Å²) in [5.74, 6) is -6.82. The lowest BCUT2D eigenvalue weighted by Gasteiger charge is -2.24. The van der Waals surface area contributed by atoms with Crippen LogP contribution in [0.5, 0.6) is 0 Å². The van der Waals surface area contributed by atoms with Crippen molar-refractivity contribution in [1.29, 1.82) is 0 Å². The van der Waals surface area contributed by atoms with Gasteiger partial charge in [0.2, 0.25) is 23.6 Å². The van der Waals surface area contributed by atoms with Crippen molar-refractivity contribution in [3.8, 4) is 0 Å². The summed E-state index contributed by atoms with van der Waals surface area (Å²) in [6.07, 6.45) is -0.469. The molecular weight excluding hydrogens is 432 g/mol. The Balaban J connectivity index is 5.44. The Hall–Kier alpha value is -3.30. The summed E-state index contributed by atoms with van der Waals surface area (Å²) >= 11 is 0. The molecule has 12 N–H and O–H groups in total. The van der Waals surface area contributed by atoms with Crippen molar-refractivity contribution in [3.05, 3.63) is 0 Å². The second kappa shape index (κ2) is 14.7. The molecular formula is C17H30N6O9. The van der Waals surface area contributed by atoms with Crippen LogP contribution in [0.15, 0.2) is 0 Å². The van der Waals surface area contributed by atoms with E-state index in [1.165, 1.54) is 0 Å². The van der Waals surface area contributed by atoms with E-state index in [4.69, 9.17) is 32.5 Å². The first-order valence-electron chi connectivity index (χ1n) is 9.63. The first-order valence-corrected chi connectivity index (χ1v) is 9.63. The maximum atomic E-state index is 12.7. The van der Waals surface area contributed by atoms with Crippen molar-refractivity contribution < 1.29 is 44.1 Å². The highest BCUT2D eigenvalue weighted by Gasteiger charge is 2.31. The summed E-state index contributed by atoms with van der Waals surface area (Å²) in [7, 11) is 0. The SMILES string of the molecule is NCCCCC(NC(=O)C(N)CC(=O)O)C(=O)NC(CC(N)=O)C(=O)NC(CO)C(=O)O. The van der Waals surface area contributed by atoms with Crippen LogP contribution in [-0.4, -0.2) is 88.2 Å². The Kier molecular flexibility index (Phi) is 13.1. The zero-order valence-corrected chi connectivity index (χ0v) is 17.3. The molecule has 4 atom stereocenters. The topological polar surface area (TPSA) is 277 Å². The van der Waals surface area contributed by atoms with E-state index >= 15 is 0 Å². The smallest absolute Gasteiger partial charge is 0.328 e. The van der Waals surface area contributed by atoms with E-state index in [9.17, 15) is 28.8 Å². The van der Waals surface area contributed by atoms with E-state index < -0.39 is 79.2 Å². The molecule has 0 aromatic carbocycles. The quantitative estimate of drug-likeness (QED) is 0.0982. The Morgan fingerprint density at radius 1 is 0.781 bits per heavy atom. The molecule has 0 aliphatic rings. The second-order valence-electron chi connectivity index (χ2n) is 6.86. The van der Waals surface area contributed by atoms with E-state index in [1.807, 2.05) is 5.32 Å². The predicted molar refractivity (Wildman–Crippen MR) is 107 cm³/mol. The lowest BCUT2D eigenvalue weighted by atomic mass is 10.1. The molecule has 0 saturated carbocycles. The van der Waals surface area contributed by atoms with Crippen LogP contribution in [0.1, 0.15) is 32.1 Å². The van der Waals surface area contributed by atoms with Crippen LogP contribution in [0.4, 0.5) is 0 Å². The molecule has 0 spiro atoms. The number of aliphatic carboxylic acids is 2. The number of hydrogen-bond acceptors (Lipinski definition) is 9. The standard InChI is InChI=1S/C17H30N6O9/c18-4-2-1-3-9(21-14(28)8(19)5-13(26)27)15(29)22-10(6-12(20)25)16(30)23-11(7-24)17(31)32/h8-11,24H,1-7,18-19H2,(H2,20,25)(H,21,28)(H,22,29)(H,23,30)(H,26,27)(H,31,32). The molecule has 182 valence electrons. The number of rotatable bonds is 16. The van der Waals surface area contributed by atoms with E-state index in [0.29, 0.717) is 19.4 Å². The largest absolute Gasteiger partial charge is 0.481 e. The average Bonchev–Trinajstić information content (AvgIpc) is 2.69. The summed E-state index contributed by atoms with van der Waals surface area (Å²) in [6, 6.07) is -5.99. The number of amides is 4. The summed E-state index contributed by atoms with van der Waals surface area (Å²) < 4.78 is 0. The van der Waals surface area contributed by atoms with Crippen molar-refractivity contribution in [3.63, 3.8) is 0 Å². The van der Waals surface area contributed by atoms with Crippen molar-refractivity contribution in [1.82, 2.24) is 16.0 Å². The van der Waals surface area contributed by atoms with Crippen LogP contribution in [0, 0.1) is 0 Å². The van der Waals surface area contributed by atoms with Gasteiger partial charge in [0.1, 0.15) is 18.1 Å². The number of carbonyl (C=O) groups is 6. The first kappa shape index (κ1) is 28.7. The fourth-order valence-corrected chi connectivity index (χ4v) is 2.46. The lowest BCUT2D eigenvalue weighted by Crippen LogP contribution is -2.58. The van der Waals surface area contributed by atoms with Gasteiger partial charge in [0.25, 0.3) is 0 Å². The minimum atomic E-state index is -1.69. The maximum absolute atomic E-state index is 12.7. The molecule has 0 aromatic rings. The minimum absolute atomic E-state index is 0.0495. The molecule has 4 unspecified atom stereocenters. The molecule has 0 aliphatic carbocycles. The Morgan fingerprint density at radius 2 is 1.31 bits per heavy atom. The molecule has 0 heterocycles. The van der Waals surface area contributed by atoms with Gasteiger partial charge in [-0.2, -0.15) is 0 Å². The highest BCUT2D eigenvalue weighted by Crippen LogP contribution is 2.04. The van der Waals surface area contributed by atoms with Gasteiger partial charge in [0, 0.05) is 0 Å². The normalized spacial score (nSPS) is 14.3. The zero-order chi connectivity index (χ0) is 24.8. The van der Waals surface area contributed by atoms with E-state index in [-0.39, 0.29) is 6.42 Å². The van der Waals surface area contributed by atoms with Gasteiger partial charge in [0.05, 0.1) is 25.5 Å². The van der Waals surface area contributed by atoms with Gasteiger partial charge in [-0.15, -0.1) is 0 Å². The molecule has 0 radical (unpaired) electrons. The van der Waals surface area contributed by atoms with E-state index in [2.05, 4.69) is 10.6 Å². The molecule has 0 fully saturated rings. The third-order valence-corrected chi connectivity index (χ3v) is 4.15. The molecule has 4 amide bonds. The minimum Gasteiger partial charge on any atom is -0.481 e. The maximum Gasteiger partial charge on any atom is 0.328 e. The number of aliphatic hydroxyl groups excluding tert-OH is 1. The molecule has 0 saturated heterocycles. The number of carboxylic acids is 2. The van der Waals surface area contributed by atoms with Crippen molar-refractivity contribution in [2.75, 3.05) is 13.2 Å². The lowest BCUT2D eigenvalue weighted by molar-refractivity contribution is -0.143. The highest BCUT2D eigenvalue weighted by atomic mass is 16.4. The van der Waals surface area contributed by atoms with Gasteiger partial charge in [-0.3, -0.25) is 24.0 Å². The molecule has 0 aliphatic heterocycles. The molecule has 0 rings (SSSR count). The second-order valence-corrected chi connectivity index (χ2v) is 6.86. The van der Waals surface area contributed by atoms with Crippen molar-refractivity contribution >= 4 is 35.6 Å². The van der Waals surface area contributed by atoms with Crippen molar-refractivity contribution in [2.45, 2.75) is 56.3 Å². The fraction of sp³-hybridized carbons (Fsp3) is 0.647. The highest BCUT2D eigenvalue weighted by molar-refractivity contribution is 5.96. The van der Waals surface area contributed by atoms with Crippen molar-refractivity contribution in [2.24, 2.45) is 17.2 Å². The summed E-state index contributed by atoms with van der Waals surface area (Å²) in [5, 5.41) is 33.1. The summed E-state index contributed by atoms with van der Waals surface area (Å²) in [5.41, 5.74) is 16.0. The third-order valence-electron chi connectivity index (χ3n) is 4.15. The number of nitrogens with one attached hydrogen (secondary N) is 3. The number of aliphatic hydroxyl groups is 1. The van der Waals surface area contributed by atoms with Gasteiger partial charge < -0.3 is 48.5 Å². The molecule has 0 bridgehead atoms. The fourth-order valence-electron chi connectivity index (χ4n) is 2.46. The monoisotopic (exact) mass is 462 g/mol. The van der Waals surface area contributed by atoms with Crippen LogP contribution in [0.3, 0.4) is 0 Å². The summed E-state index contributed by atoms with van der Waals surface area (Å²) in [4.78, 5) is 70.2. The van der Waals surface area contributed by atoms with E-state index in [0.717, 1.165) is 0 Å². The van der Waals surface area contributed by atoms with Gasteiger partial charge in [-0.05, 0) is 25.8 Å². The van der Waals surface area contributed by atoms with Crippen LogP contribution in [0.2, 0.25) is 0 Å². The molecule has 15 nitrogen and oxygen atoms in total. The van der Waals surface area contributed by atoms with Crippen LogP contribution in [0.25, 0.3) is 0 Å². The van der Waals surface area contributed by atoms with Gasteiger partial charge in [0.15, 0.2) is 0 Å². The molecule has 15 heteroatoms. The number of unbranched alkanes of at least 4 members (excludes halogenated alkanes) is 1. The predicted octanol–water partition coefficient (Wildman–Crippen LogP) is -4.68. The zero-order valence-electron chi connectivity index (χ0n) is 17.3. The Bertz CT molecular complexity index is 702. The van der Waals surface area contributed by atoms with Gasteiger partial charge in [-0.25, -0.2) is 4.79 Å². The number of primary amides is 1. The number of nitrogens with two attached hydrogens (primary N) is 3. The molecule has 32 heavy (non-hydrogen) atoms. The average molecular weight is 462 g/mol. The number of carboxylic acid groups (broad SMARTS) is 2. The Morgan fingerprint density at radius 3 is 1.78 bits per heavy atom. The van der Waals surface area contributed by atoms with E-state index in [1.54, 1.807) is 0 Å². The number of hydrogen-bond donors (Lipinski definition) is 9.